The van der Waals surface area contributed by atoms with Gasteiger partial charge in [-0.1, -0.05) is 72.8 Å². The van der Waals surface area contributed by atoms with E-state index >= 15 is 0 Å². The zero-order valence-electron chi connectivity index (χ0n) is 27.4. The largest absolute Gasteiger partial charge is 0.447 e. The van der Waals surface area contributed by atoms with Crippen LogP contribution in [-0.4, -0.2) is 71.1 Å². The number of rotatable bonds is 10. The van der Waals surface area contributed by atoms with E-state index in [0.29, 0.717) is 38.4 Å². The Hall–Kier alpha value is -4.36. The van der Waals surface area contributed by atoms with Crippen molar-refractivity contribution in [2.45, 2.75) is 62.7 Å². The molecule has 2 N–H and O–H groups in total. The third-order valence-electron chi connectivity index (χ3n) is 10.2. The van der Waals surface area contributed by atoms with Crippen LogP contribution in [-0.2, 0) is 33.0 Å². The number of hydrogen-bond acceptors (Lipinski definition) is 8. The number of para-hydroxylation sites is 1. The smallest absolute Gasteiger partial charge is 0.414 e. The minimum Gasteiger partial charge on any atom is -0.447 e. The number of amides is 2. The Bertz CT molecular complexity index is 1790. The van der Waals surface area contributed by atoms with E-state index in [1.807, 2.05) is 105 Å². The minimum atomic E-state index is -2.83. The molecular formula is C36H41N5O6Si. The molecule has 12 heteroatoms. The molecule has 3 aliphatic rings. The number of nitrogens with zero attached hydrogens (tertiary/aromatic N) is 5. The molecule has 4 heterocycles. The molecule has 0 saturated carbocycles. The lowest BCUT2D eigenvalue weighted by Gasteiger charge is -2.32. The summed E-state index contributed by atoms with van der Waals surface area (Å²) in [4.78, 5) is 41.7. The van der Waals surface area contributed by atoms with Gasteiger partial charge in [-0.3, -0.25) is 14.4 Å². The first-order chi connectivity index (χ1) is 23.1. The lowest BCUT2D eigenvalue weighted by Crippen LogP contribution is -2.46. The number of fused-ring (bicyclic) bond motifs is 2. The van der Waals surface area contributed by atoms with Gasteiger partial charge in [0.2, 0.25) is 0 Å². The molecule has 1 aromatic heterocycles. The van der Waals surface area contributed by atoms with Gasteiger partial charge in [-0.05, 0) is 48.8 Å². The Morgan fingerprint density at radius 3 is 2.44 bits per heavy atom. The van der Waals surface area contributed by atoms with Gasteiger partial charge in [0.1, 0.15) is 6.61 Å². The number of aryl methyl sites for hydroxylation is 1. The first-order valence-electron chi connectivity index (χ1n) is 16.5. The molecule has 7 rings (SSSR count). The maximum Gasteiger partial charge on any atom is 0.414 e. The van der Waals surface area contributed by atoms with E-state index in [-0.39, 0.29) is 36.0 Å². The molecule has 3 aliphatic heterocycles. The average molecular weight is 668 g/mol. The summed E-state index contributed by atoms with van der Waals surface area (Å²) in [5, 5.41) is 18.9. The van der Waals surface area contributed by atoms with E-state index in [0.717, 1.165) is 28.1 Å². The number of anilines is 2. The molecule has 2 saturated heterocycles. The van der Waals surface area contributed by atoms with E-state index in [1.165, 1.54) is 0 Å². The molecule has 48 heavy (non-hydrogen) atoms. The van der Waals surface area contributed by atoms with Crippen LogP contribution in [0.15, 0.2) is 85.1 Å². The van der Waals surface area contributed by atoms with Crippen LogP contribution < -0.4 is 9.80 Å². The number of aliphatic hydroxyl groups is 1. The quantitative estimate of drug-likeness (QED) is 0.231. The van der Waals surface area contributed by atoms with Crippen LogP contribution in [0.2, 0.25) is 18.6 Å². The number of cyclic esters (lactones) is 1. The fourth-order valence-electron chi connectivity index (χ4n) is 7.95. The van der Waals surface area contributed by atoms with Crippen molar-refractivity contribution in [1.82, 2.24) is 15.0 Å². The van der Waals surface area contributed by atoms with Crippen molar-refractivity contribution in [1.29, 1.82) is 0 Å². The SMILES string of the molecule is C[C@H]1[C@H]([Si](C)(C)O)[C@@H](CCn2cc(C(CO)c3ccccc3)nn2)O[C@]12C(=O)N(Cc1ccc(N3CCOC3=O)cc1)c1ccccc12. The van der Waals surface area contributed by atoms with Crippen LogP contribution in [0, 0.1) is 5.92 Å². The summed E-state index contributed by atoms with van der Waals surface area (Å²) in [5.74, 6) is -0.695. The number of hydrogen-bond donors (Lipinski definition) is 2. The van der Waals surface area contributed by atoms with Crippen LogP contribution in [0.4, 0.5) is 16.2 Å². The Labute approximate surface area is 280 Å². The molecule has 0 bridgehead atoms. The molecule has 3 aromatic carbocycles. The maximum atomic E-state index is 14.7. The molecule has 250 valence electrons. The Kier molecular flexibility index (Phi) is 8.44. The van der Waals surface area contributed by atoms with Crippen LogP contribution in [0.5, 0.6) is 0 Å². The number of aliphatic hydroxyl groups excluding tert-OH is 1. The van der Waals surface area contributed by atoms with E-state index < -0.39 is 20.0 Å². The molecule has 1 spiro atoms. The van der Waals surface area contributed by atoms with E-state index in [9.17, 15) is 19.5 Å². The third kappa shape index (κ3) is 5.52. The molecule has 1 unspecified atom stereocenters. The second-order valence-corrected chi connectivity index (χ2v) is 17.5. The summed E-state index contributed by atoms with van der Waals surface area (Å²) in [6.45, 7) is 7.48. The second-order valence-electron chi connectivity index (χ2n) is 13.5. The molecule has 0 radical (unpaired) electrons. The lowest BCUT2D eigenvalue weighted by atomic mass is 9.82. The summed E-state index contributed by atoms with van der Waals surface area (Å²) >= 11 is 0. The number of carbonyl (C=O) groups is 2. The topological polar surface area (TPSA) is 130 Å². The van der Waals surface area contributed by atoms with Gasteiger partial charge < -0.3 is 24.3 Å². The Balaban J connectivity index is 1.13. The van der Waals surface area contributed by atoms with Crippen molar-refractivity contribution >= 4 is 31.7 Å². The first kappa shape index (κ1) is 32.2. The fraction of sp³-hybridized carbons (Fsp3) is 0.389. The number of ether oxygens (including phenoxy) is 2. The van der Waals surface area contributed by atoms with Gasteiger partial charge in [-0.2, -0.15) is 0 Å². The van der Waals surface area contributed by atoms with Gasteiger partial charge in [0.25, 0.3) is 5.91 Å². The van der Waals surface area contributed by atoms with Gasteiger partial charge in [0.05, 0.1) is 43.1 Å². The number of carbonyl (C=O) groups excluding carboxylic acids is 2. The highest BCUT2D eigenvalue weighted by atomic mass is 28.4. The normalized spacial score (nSPS) is 24.4. The summed E-state index contributed by atoms with van der Waals surface area (Å²) in [6.07, 6.45) is 1.64. The summed E-state index contributed by atoms with van der Waals surface area (Å²) in [6, 6.07) is 25.1. The highest BCUT2D eigenvalue weighted by molar-refractivity contribution is 6.71. The molecule has 2 fully saturated rings. The lowest BCUT2D eigenvalue weighted by molar-refractivity contribution is -0.146. The van der Waals surface area contributed by atoms with Crippen molar-refractivity contribution in [3.8, 4) is 0 Å². The molecule has 11 nitrogen and oxygen atoms in total. The van der Waals surface area contributed by atoms with Gasteiger partial charge in [-0.25, -0.2) is 4.79 Å². The highest BCUT2D eigenvalue weighted by Gasteiger charge is 2.66. The Morgan fingerprint density at radius 1 is 1.02 bits per heavy atom. The van der Waals surface area contributed by atoms with Crippen molar-refractivity contribution in [3.63, 3.8) is 0 Å². The molecule has 5 atom stereocenters. The van der Waals surface area contributed by atoms with Gasteiger partial charge in [0, 0.05) is 35.5 Å². The van der Waals surface area contributed by atoms with Crippen LogP contribution in [0.1, 0.15) is 41.6 Å². The molecule has 2 amide bonds. The van der Waals surface area contributed by atoms with Gasteiger partial charge in [-0.15, -0.1) is 5.10 Å². The van der Waals surface area contributed by atoms with Crippen LogP contribution in [0.25, 0.3) is 0 Å². The summed E-state index contributed by atoms with van der Waals surface area (Å²) in [5.41, 5.74) is 3.49. The van der Waals surface area contributed by atoms with Crippen molar-refractivity contribution < 1.29 is 29.0 Å². The zero-order valence-corrected chi connectivity index (χ0v) is 28.4. The van der Waals surface area contributed by atoms with Gasteiger partial charge in [0.15, 0.2) is 13.9 Å². The second kappa shape index (κ2) is 12.6. The van der Waals surface area contributed by atoms with Crippen molar-refractivity contribution in [2.24, 2.45) is 5.92 Å². The number of benzene rings is 3. The Morgan fingerprint density at radius 2 is 1.75 bits per heavy atom. The molecule has 0 aliphatic carbocycles. The van der Waals surface area contributed by atoms with E-state index in [2.05, 4.69) is 10.3 Å². The van der Waals surface area contributed by atoms with E-state index in [1.54, 1.807) is 14.5 Å². The van der Waals surface area contributed by atoms with E-state index in [4.69, 9.17) is 9.47 Å². The van der Waals surface area contributed by atoms with Crippen molar-refractivity contribution in [3.05, 3.63) is 107 Å². The monoisotopic (exact) mass is 667 g/mol. The standard InChI is InChI=1S/C36H41N5O6Si/c1-24-33(48(2,3)45)32(17-18-39-22-30(37-38-39)28(23-42)26-9-5-4-6-10-26)47-36(24)29-11-7-8-12-31(29)41(34(36)43)21-25-13-15-27(16-14-25)40-19-20-46-35(40)44/h4-16,22,24,28,32-33,42,45H,17-21,23H2,1-3H3/t24-,28?,32+,33-,36+/m0/s1. The minimum absolute atomic E-state index is 0.0872. The van der Waals surface area contributed by atoms with Crippen LogP contribution in [0.3, 0.4) is 0 Å². The molecule has 4 aromatic rings. The third-order valence-corrected chi connectivity index (χ3v) is 12.7. The number of aromatic nitrogens is 3. The summed E-state index contributed by atoms with van der Waals surface area (Å²) < 4.78 is 13.8. The van der Waals surface area contributed by atoms with Crippen molar-refractivity contribution in [2.75, 3.05) is 29.6 Å². The van der Waals surface area contributed by atoms with Crippen LogP contribution >= 0.6 is 0 Å². The highest BCUT2D eigenvalue weighted by Crippen LogP contribution is 2.59. The zero-order chi connectivity index (χ0) is 33.6. The first-order valence-corrected chi connectivity index (χ1v) is 19.5. The predicted octanol–water partition coefficient (Wildman–Crippen LogP) is 4.79. The fourth-order valence-corrected chi connectivity index (χ4v) is 10.6. The predicted molar refractivity (Wildman–Crippen MR) is 182 cm³/mol. The summed E-state index contributed by atoms with van der Waals surface area (Å²) in [7, 11) is -2.83. The average Bonchev–Trinajstić information content (AvgIpc) is 3.85. The molecular weight excluding hydrogens is 627 g/mol. The maximum absolute atomic E-state index is 14.7. The van der Waals surface area contributed by atoms with Gasteiger partial charge >= 0.3 is 6.09 Å².